The highest BCUT2D eigenvalue weighted by Gasteiger charge is 2.38. The molecule has 1 fully saturated rings. The van der Waals surface area contributed by atoms with Gasteiger partial charge in [-0.2, -0.15) is 5.10 Å². The number of hydrogen-bond donors (Lipinski definition) is 2. The first-order valence-electron chi connectivity index (χ1n) is 8.30. The Kier molecular flexibility index (Phi) is 6.14. The van der Waals surface area contributed by atoms with E-state index in [0.29, 0.717) is 10.7 Å². The number of hydrazone groups is 1. The molecule has 30 heavy (non-hydrogen) atoms. The number of rotatable bonds is 5. The second-order valence-corrected chi connectivity index (χ2v) is 6.77. The van der Waals surface area contributed by atoms with E-state index >= 15 is 0 Å². The Morgan fingerprint density at radius 2 is 1.97 bits per heavy atom. The van der Waals surface area contributed by atoms with Gasteiger partial charge in [-0.3, -0.25) is 29.4 Å². The van der Waals surface area contributed by atoms with Gasteiger partial charge in [0.05, 0.1) is 10.6 Å². The zero-order valence-corrected chi connectivity index (χ0v) is 16.5. The molecule has 12 heteroatoms. The normalized spacial score (nSPS) is 16.5. The molecule has 1 aliphatic rings. The van der Waals surface area contributed by atoms with Crippen LogP contribution in [0.25, 0.3) is 0 Å². The van der Waals surface area contributed by atoms with Crippen molar-refractivity contribution in [3.63, 3.8) is 0 Å². The fourth-order valence-electron chi connectivity index (χ4n) is 2.55. The number of hydrogen-bond acceptors (Lipinski definition) is 7. The third-order valence-corrected chi connectivity index (χ3v) is 4.53. The summed E-state index contributed by atoms with van der Waals surface area (Å²) in [5, 5.41) is 17.2. The lowest BCUT2D eigenvalue weighted by atomic mass is 10.1. The molecule has 2 N–H and O–H groups in total. The average Bonchev–Trinajstić information content (AvgIpc) is 2.71. The summed E-state index contributed by atoms with van der Waals surface area (Å²) in [4.78, 5) is 48.3. The maximum absolute atomic E-state index is 12.8. The highest BCUT2D eigenvalue weighted by atomic mass is 35.5. The highest BCUT2D eigenvalue weighted by molar-refractivity contribution is 7.80. The van der Waals surface area contributed by atoms with Gasteiger partial charge in [0, 0.05) is 28.9 Å². The molecule has 0 aromatic heterocycles. The number of benzene rings is 2. The van der Waals surface area contributed by atoms with E-state index in [1.165, 1.54) is 18.2 Å². The quantitative estimate of drug-likeness (QED) is 0.238. The number of amides is 3. The molecule has 152 valence electrons. The third kappa shape index (κ3) is 4.47. The van der Waals surface area contributed by atoms with Gasteiger partial charge in [0.2, 0.25) is 5.91 Å². The molecule has 0 aliphatic carbocycles. The van der Waals surface area contributed by atoms with E-state index in [4.69, 9.17) is 23.8 Å². The van der Waals surface area contributed by atoms with Gasteiger partial charge >= 0.3 is 0 Å². The summed E-state index contributed by atoms with van der Waals surface area (Å²) in [7, 11) is 0. The molecule has 3 amide bonds. The van der Waals surface area contributed by atoms with Crippen LogP contribution in [0.4, 0.5) is 11.4 Å². The maximum atomic E-state index is 12.8. The van der Waals surface area contributed by atoms with E-state index in [9.17, 15) is 24.5 Å². The molecule has 2 aromatic rings. The van der Waals surface area contributed by atoms with Crippen LogP contribution in [0.3, 0.4) is 0 Å². The molecule has 1 aliphatic heterocycles. The first-order chi connectivity index (χ1) is 14.3. The number of nitrogens with one attached hydrogen (secondary N) is 2. The fraction of sp³-hybridized carbons (Fsp3) is 0.0556. The van der Waals surface area contributed by atoms with Crippen LogP contribution in [0.15, 0.2) is 53.6 Å². The number of nitro benzene ring substituents is 1. The Bertz CT molecular complexity index is 1090. The summed E-state index contributed by atoms with van der Waals surface area (Å²) >= 11 is 10.9. The van der Waals surface area contributed by atoms with Gasteiger partial charge < -0.3 is 5.32 Å². The van der Waals surface area contributed by atoms with Crippen molar-refractivity contribution in [2.24, 2.45) is 11.0 Å². The van der Waals surface area contributed by atoms with Gasteiger partial charge in [0.1, 0.15) is 0 Å². The molecular weight excluding hydrogens is 434 g/mol. The Morgan fingerprint density at radius 3 is 2.63 bits per heavy atom. The molecule has 2 aromatic carbocycles. The molecule has 0 radical (unpaired) electrons. The van der Waals surface area contributed by atoms with Crippen molar-refractivity contribution in [2.75, 3.05) is 4.90 Å². The molecule has 3 rings (SSSR count). The summed E-state index contributed by atoms with van der Waals surface area (Å²) in [5.74, 6) is -3.47. The predicted octanol–water partition coefficient (Wildman–Crippen LogP) is 2.03. The molecule has 1 heterocycles. The molecule has 1 saturated heterocycles. The van der Waals surface area contributed by atoms with Crippen LogP contribution in [-0.2, 0) is 9.59 Å². The predicted molar refractivity (Wildman–Crippen MR) is 112 cm³/mol. The van der Waals surface area contributed by atoms with Crippen LogP contribution in [-0.4, -0.2) is 34.0 Å². The van der Waals surface area contributed by atoms with Crippen molar-refractivity contribution >= 4 is 64.2 Å². The second kappa shape index (κ2) is 8.76. The molecule has 0 unspecified atom stereocenters. The number of carbonyl (C=O) groups excluding carboxylic acids is 3. The standard InChI is InChI=1S/C18H12ClN5O5S/c19-11-4-6-12(7-5-11)23-17(27)14(16(26)21-18(23)30)9-20-22-15(25)10-2-1-3-13(8-10)24(28)29/h1-9,14H,(H,22,25)(H,21,26,30)/b20-9-/t14-/m1/s1. The van der Waals surface area contributed by atoms with Gasteiger partial charge in [-0.05, 0) is 42.5 Å². The zero-order valence-electron chi connectivity index (χ0n) is 14.9. The van der Waals surface area contributed by atoms with Crippen molar-refractivity contribution in [3.8, 4) is 0 Å². The van der Waals surface area contributed by atoms with Gasteiger partial charge in [-0.25, -0.2) is 5.43 Å². The van der Waals surface area contributed by atoms with Crippen LogP contribution in [0.5, 0.6) is 0 Å². The second-order valence-electron chi connectivity index (χ2n) is 5.95. The molecular formula is C18H12ClN5O5S. The monoisotopic (exact) mass is 445 g/mol. The Hall–Kier alpha value is -3.70. The van der Waals surface area contributed by atoms with Crippen LogP contribution >= 0.6 is 23.8 Å². The maximum Gasteiger partial charge on any atom is 0.271 e. The summed E-state index contributed by atoms with van der Waals surface area (Å²) in [6, 6.07) is 11.3. The minimum Gasteiger partial charge on any atom is -0.301 e. The first-order valence-corrected chi connectivity index (χ1v) is 9.09. The lowest BCUT2D eigenvalue weighted by Crippen LogP contribution is -2.58. The lowest BCUT2D eigenvalue weighted by molar-refractivity contribution is -0.384. The number of non-ortho nitro benzene ring substituents is 1. The molecule has 1 atom stereocenters. The van der Waals surface area contributed by atoms with E-state index in [0.717, 1.165) is 17.2 Å². The van der Waals surface area contributed by atoms with Crippen molar-refractivity contribution in [3.05, 3.63) is 69.2 Å². The summed E-state index contributed by atoms with van der Waals surface area (Å²) in [6.07, 6.45) is 0.956. The van der Waals surface area contributed by atoms with E-state index in [1.807, 2.05) is 0 Å². The van der Waals surface area contributed by atoms with E-state index < -0.39 is 28.6 Å². The van der Waals surface area contributed by atoms with E-state index in [-0.39, 0.29) is 16.4 Å². The van der Waals surface area contributed by atoms with Crippen LogP contribution in [0, 0.1) is 16.0 Å². The minimum atomic E-state index is -1.35. The van der Waals surface area contributed by atoms with E-state index in [1.54, 1.807) is 24.3 Å². The Morgan fingerprint density at radius 1 is 1.27 bits per heavy atom. The fourth-order valence-corrected chi connectivity index (χ4v) is 2.97. The topological polar surface area (TPSA) is 134 Å². The number of thiocarbonyl (C=S) groups is 1. The lowest BCUT2D eigenvalue weighted by Gasteiger charge is -2.30. The van der Waals surface area contributed by atoms with Crippen molar-refractivity contribution < 1.29 is 19.3 Å². The number of anilines is 1. The summed E-state index contributed by atoms with van der Waals surface area (Å²) in [5.41, 5.74) is 2.26. The van der Waals surface area contributed by atoms with Crippen molar-refractivity contribution in [1.29, 1.82) is 0 Å². The molecule has 0 bridgehead atoms. The third-order valence-electron chi connectivity index (χ3n) is 4.00. The molecule has 0 saturated carbocycles. The number of nitro groups is 1. The smallest absolute Gasteiger partial charge is 0.271 e. The van der Waals surface area contributed by atoms with Crippen LogP contribution in [0.2, 0.25) is 5.02 Å². The average molecular weight is 446 g/mol. The minimum absolute atomic E-state index is 0.00950. The molecule has 0 spiro atoms. The first kappa shape index (κ1) is 21.0. The number of nitrogens with zero attached hydrogens (tertiary/aromatic N) is 3. The van der Waals surface area contributed by atoms with Crippen LogP contribution < -0.4 is 15.6 Å². The van der Waals surface area contributed by atoms with E-state index in [2.05, 4.69) is 15.8 Å². The largest absolute Gasteiger partial charge is 0.301 e. The Balaban J connectivity index is 1.74. The summed E-state index contributed by atoms with van der Waals surface area (Å²) in [6.45, 7) is 0. The van der Waals surface area contributed by atoms with Crippen LogP contribution in [0.1, 0.15) is 10.4 Å². The van der Waals surface area contributed by atoms with Gasteiger partial charge in [-0.15, -0.1) is 0 Å². The number of carbonyl (C=O) groups is 3. The van der Waals surface area contributed by atoms with Gasteiger partial charge in [0.15, 0.2) is 11.0 Å². The van der Waals surface area contributed by atoms with Gasteiger partial charge in [0.25, 0.3) is 17.5 Å². The summed E-state index contributed by atoms with van der Waals surface area (Å²) < 4.78 is 0. The SMILES string of the molecule is O=C(N/N=C\[C@@H]1C(=O)NC(=S)N(c2ccc(Cl)cc2)C1=O)c1cccc([N+](=O)[O-])c1. The Labute approximate surface area is 179 Å². The highest BCUT2D eigenvalue weighted by Crippen LogP contribution is 2.22. The zero-order chi connectivity index (χ0) is 21.8. The molecule has 10 nitrogen and oxygen atoms in total. The van der Waals surface area contributed by atoms with Crippen molar-refractivity contribution in [2.45, 2.75) is 0 Å². The van der Waals surface area contributed by atoms with Gasteiger partial charge in [-0.1, -0.05) is 17.7 Å². The number of halogens is 1. The van der Waals surface area contributed by atoms with Crippen molar-refractivity contribution in [1.82, 2.24) is 10.7 Å².